The molecule has 0 aromatic heterocycles. The van der Waals surface area contributed by atoms with Crippen molar-refractivity contribution in [1.82, 2.24) is 0 Å². The van der Waals surface area contributed by atoms with Crippen molar-refractivity contribution in [3.63, 3.8) is 0 Å². The topological polar surface area (TPSA) is 0 Å². The highest BCUT2D eigenvalue weighted by molar-refractivity contribution is 6.34. The molecule has 0 aliphatic heterocycles. The molecule has 0 fully saturated rings. The van der Waals surface area contributed by atoms with Crippen molar-refractivity contribution in [2.75, 3.05) is 0 Å². The lowest BCUT2D eigenvalue weighted by Gasteiger charge is -2.08. The average Bonchev–Trinajstić information content (AvgIpc) is 1.99. The molecule has 1 aromatic carbocycles. The fraction of sp³-hybridized carbons (Fsp3) is 0.333. The number of alkyl halides is 1. The zero-order chi connectivity index (χ0) is 8.43. The SMILES string of the molecule is Cc1ccc([SiH3])c(CCl)c1C. The summed E-state index contributed by atoms with van der Waals surface area (Å²) >= 11 is 5.83. The molecule has 0 saturated heterocycles. The standard InChI is InChI=1S/C9H13ClSi/c1-6-3-4-9(11)8(5-10)7(6)2/h3-4H,5H2,1-2,11H3. The first kappa shape index (κ1) is 8.82. The van der Waals surface area contributed by atoms with Gasteiger partial charge in [-0.15, -0.1) is 11.6 Å². The molecule has 0 aliphatic carbocycles. The van der Waals surface area contributed by atoms with Crippen LogP contribution in [0.4, 0.5) is 0 Å². The third-order valence-corrected chi connectivity index (χ3v) is 3.44. The van der Waals surface area contributed by atoms with Crippen LogP contribution in [0.25, 0.3) is 0 Å². The fourth-order valence-electron chi connectivity index (χ4n) is 1.21. The molecule has 1 aromatic rings. The van der Waals surface area contributed by atoms with Gasteiger partial charge in [0.15, 0.2) is 0 Å². The van der Waals surface area contributed by atoms with Crippen LogP contribution in [0, 0.1) is 13.8 Å². The molecule has 11 heavy (non-hydrogen) atoms. The highest BCUT2D eigenvalue weighted by Crippen LogP contribution is 2.11. The minimum Gasteiger partial charge on any atom is -0.122 e. The monoisotopic (exact) mass is 184 g/mol. The van der Waals surface area contributed by atoms with E-state index in [-0.39, 0.29) is 0 Å². The van der Waals surface area contributed by atoms with Crippen LogP contribution in [0.3, 0.4) is 0 Å². The number of halogens is 1. The molecule has 0 amide bonds. The van der Waals surface area contributed by atoms with E-state index in [1.54, 1.807) is 0 Å². The molecule has 0 atom stereocenters. The quantitative estimate of drug-likeness (QED) is 0.452. The van der Waals surface area contributed by atoms with Gasteiger partial charge in [0.05, 0.1) is 0 Å². The number of aryl methyl sites for hydroxylation is 1. The van der Waals surface area contributed by atoms with Gasteiger partial charge in [-0.25, -0.2) is 0 Å². The van der Waals surface area contributed by atoms with Crippen LogP contribution in [0.15, 0.2) is 12.1 Å². The third kappa shape index (κ3) is 1.66. The summed E-state index contributed by atoms with van der Waals surface area (Å²) in [5, 5.41) is 1.43. The Morgan fingerprint density at radius 2 is 2.00 bits per heavy atom. The molecule has 0 saturated carbocycles. The van der Waals surface area contributed by atoms with Crippen LogP contribution in [0.5, 0.6) is 0 Å². The van der Waals surface area contributed by atoms with Crippen molar-refractivity contribution in [1.29, 1.82) is 0 Å². The van der Waals surface area contributed by atoms with Crippen molar-refractivity contribution < 1.29 is 0 Å². The number of rotatable bonds is 1. The van der Waals surface area contributed by atoms with Gasteiger partial charge in [0.1, 0.15) is 0 Å². The Labute approximate surface area is 76.0 Å². The second-order valence-corrected chi connectivity index (χ2v) is 4.28. The van der Waals surface area contributed by atoms with Gasteiger partial charge >= 0.3 is 0 Å². The van der Waals surface area contributed by atoms with Crippen molar-refractivity contribution in [3.8, 4) is 0 Å². The van der Waals surface area contributed by atoms with E-state index < -0.39 is 0 Å². The smallest absolute Gasteiger partial charge is 0.0475 e. The first-order chi connectivity index (χ1) is 5.16. The second-order valence-electron chi connectivity index (χ2n) is 2.94. The predicted molar refractivity (Wildman–Crippen MR) is 55.0 cm³/mol. The normalized spacial score (nSPS) is 10.5. The van der Waals surface area contributed by atoms with Gasteiger partial charge in [-0.1, -0.05) is 17.3 Å². The molecule has 0 aliphatic rings. The van der Waals surface area contributed by atoms with E-state index >= 15 is 0 Å². The molecular weight excluding hydrogens is 172 g/mol. The summed E-state index contributed by atoms with van der Waals surface area (Å²) in [5.74, 6) is 0.659. The summed E-state index contributed by atoms with van der Waals surface area (Å²) < 4.78 is 0. The van der Waals surface area contributed by atoms with Gasteiger partial charge in [-0.2, -0.15) is 0 Å². The van der Waals surface area contributed by atoms with Crippen LogP contribution < -0.4 is 5.19 Å². The lowest BCUT2D eigenvalue weighted by molar-refractivity contribution is 1.26. The highest BCUT2D eigenvalue weighted by atomic mass is 35.5. The molecule has 0 radical (unpaired) electrons. The lowest BCUT2D eigenvalue weighted by Crippen LogP contribution is -2.11. The maximum Gasteiger partial charge on any atom is 0.0475 e. The molecule has 0 unspecified atom stereocenters. The maximum absolute atomic E-state index is 5.83. The third-order valence-electron chi connectivity index (χ3n) is 2.24. The van der Waals surface area contributed by atoms with E-state index in [4.69, 9.17) is 11.6 Å². The Kier molecular flexibility index (Phi) is 2.74. The Morgan fingerprint density at radius 1 is 1.36 bits per heavy atom. The van der Waals surface area contributed by atoms with Gasteiger partial charge in [-0.3, -0.25) is 0 Å². The van der Waals surface area contributed by atoms with Crippen LogP contribution in [-0.2, 0) is 5.88 Å². The van der Waals surface area contributed by atoms with E-state index in [1.165, 1.54) is 21.9 Å². The molecule has 1 rings (SSSR count). The largest absolute Gasteiger partial charge is 0.122 e. The zero-order valence-corrected chi connectivity index (χ0v) is 10.00. The number of hydrogen-bond donors (Lipinski definition) is 0. The van der Waals surface area contributed by atoms with E-state index in [1.807, 2.05) is 0 Å². The van der Waals surface area contributed by atoms with E-state index in [0.717, 1.165) is 10.2 Å². The van der Waals surface area contributed by atoms with Crippen LogP contribution in [0.2, 0.25) is 0 Å². The molecule has 2 heteroatoms. The molecule has 60 valence electrons. The Hall–Kier alpha value is -0.273. The van der Waals surface area contributed by atoms with Gasteiger partial charge in [0.25, 0.3) is 0 Å². The van der Waals surface area contributed by atoms with Gasteiger partial charge < -0.3 is 0 Å². The van der Waals surface area contributed by atoms with E-state index in [0.29, 0.717) is 5.88 Å². The van der Waals surface area contributed by atoms with Crippen molar-refractivity contribution in [2.24, 2.45) is 0 Å². The minimum absolute atomic E-state index is 0.659. The van der Waals surface area contributed by atoms with E-state index in [9.17, 15) is 0 Å². The summed E-state index contributed by atoms with van der Waals surface area (Å²) in [5.41, 5.74) is 4.06. The average molecular weight is 185 g/mol. The van der Waals surface area contributed by atoms with Gasteiger partial charge in [0.2, 0.25) is 0 Å². The summed E-state index contributed by atoms with van der Waals surface area (Å²) in [7, 11) is 1.10. The second kappa shape index (κ2) is 3.42. The molecular formula is C9H13ClSi. The molecule has 0 heterocycles. The van der Waals surface area contributed by atoms with Gasteiger partial charge in [-0.05, 0) is 30.5 Å². The van der Waals surface area contributed by atoms with Crippen LogP contribution in [0.1, 0.15) is 16.7 Å². The summed E-state index contributed by atoms with van der Waals surface area (Å²) in [6.45, 7) is 4.28. The van der Waals surface area contributed by atoms with Crippen molar-refractivity contribution in [3.05, 3.63) is 28.8 Å². The molecule has 0 spiro atoms. The van der Waals surface area contributed by atoms with Crippen molar-refractivity contribution in [2.45, 2.75) is 19.7 Å². The Balaban J connectivity index is 3.29. The van der Waals surface area contributed by atoms with Crippen LogP contribution in [-0.4, -0.2) is 10.2 Å². The minimum atomic E-state index is 0.659. The molecule has 0 bridgehead atoms. The van der Waals surface area contributed by atoms with Crippen LogP contribution >= 0.6 is 11.6 Å². The lowest BCUT2D eigenvalue weighted by atomic mass is 10.0. The summed E-state index contributed by atoms with van der Waals surface area (Å²) in [4.78, 5) is 0. The molecule has 0 nitrogen and oxygen atoms in total. The number of benzene rings is 1. The summed E-state index contributed by atoms with van der Waals surface area (Å²) in [6, 6.07) is 4.36. The highest BCUT2D eigenvalue weighted by Gasteiger charge is 2.01. The maximum atomic E-state index is 5.83. The number of hydrogen-bond acceptors (Lipinski definition) is 0. The van der Waals surface area contributed by atoms with Crippen molar-refractivity contribution >= 4 is 27.0 Å². The first-order valence-corrected chi connectivity index (χ1v) is 5.32. The Morgan fingerprint density at radius 3 is 2.45 bits per heavy atom. The van der Waals surface area contributed by atoms with E-state index in [2.05, 4.69) is 26.0 Å². The van der Waals surface area contributed by atoms with Gasteiger partial charge in [0, 0.05) is 16.1 Å². The first-order valence-electron chi connectivity index (χ1n) is 3.78. The molecule has 0 N–H and O–H groups in total. The predicted octanol–water partition coefficient (Wildman–Crippen LogP) is 1.03. The zero-order valence-electron chi connectivity index (χ0n) is 7.24. The fourth-order valence-corrected chi connectivity index (χ4v) is 2.57. The summed E-state index contributed by atoms with van der Waals surface area (Å²) in [6.07, 6.45) is 0. The Bertz CT molecular complexity index is 269.